The molecular weight excluding hydrogens is 462 g/mol. The number of nitrogens with one attached hydrogen (secondary N) is 1. The molecule has 3 aromatic carbocycles. The number of phenols is 1. The number of aromatic amines is 1. The van der Waals surface area contributed by atoms with E-state index in [4.69, 9.17) is 16.3 Å². The zero-order valence-electron chi connectivity index (χ0n) is 19.5. The number of benzene rings is 3. The Balaban J connectivity index is 1.25. The lowest BCUT2D eigenvalue weighted by atomic mass is 9.95. The summed E-state index contributed by atoms with van der Waals surface area (Å²) in [6.45, 7) is 4.65. The summed E-state index contributed by atoms with van der Waals surface area (Å²) in [6, 6.07) is 17.2. The van der Waals surface area contributed by atoms with Gasteiger partial charge in [-0.15, -0.1) is 11.6 Å². The minimum absolute atomic E-state index is 0.00163. The molecule has 180 valence electrons. The molecule has 0 spiro atoms. The van der Waals surface area contributed by atoms with Gasteiger partial charge in [-0.1, -0.05) is 24.3 Å². The number of ether oxygens (including phenoxy) is 1. The van der Waals surface area contributed by atoms with Crippen molar-refractivity contribution in [2.45, 2.75) is 18.8 Å². The van der Waals surface area contributed by atoms with E-state index in [-0.39, 0.29) is 17.6 Å². The van der Waals surface area contributed by atoms with Crippen LogP contribution in [0.25, 0.3) is 21.7 Å². The second-order valence-electron chi connectivity index (χ2n) is 9.47. The zero-order valence-corrected chi connectivity index (χ0v) is 20.2. The van der Waals surface area contributed by atoms with Crippen LogP contribution in [0.3, 0.4) is 0 Å². The Bertz CT molecular complexity index is 1410. The van der Waals surface area contributed by atoms with Crippen molar-refractivity contribution in [2.24, 2.45) is 0 Å². The minimum atomic E-state index is -0.137. The molecule has 1 aromatic heterocycles. The Morgan fingerprint density at radius 3 is 2.71 bits per heavy atom. The molecule has 2 N–H and O–H groups in total. The maximum Gasteiger partial charge on any atom is 0.274 e. The lowest BCUT2D eigenvalue weighted by Crippen LogP contribution is -2.38. The fourth-order valence-electron chi connectivity index (χ4n) is 5.29. The molecule has 1 amide bonds. The topological polar surface area (TPSA) is 68.8 Å². The van der Waals surface area contributed by atoms with Gasteiger partial charge in [-0.2, -0.15) is 0 Å². The van der Waals surface area contributed by atoms with Gasteiger partial charge in [0.25, 0.3) is 5.91 Å². The van der Waals surface area contributed by atoms with Crippen molar-refractivity contribution in [2.75, 3.05) is 43.6 Å². The Labute approximate surface area is 209 Å². The summed E-state index contributed by atoms with van der Waals surface area (Å²) in [6.07, 6.45) is 2.31. The van der Waals surface area contributed by atoms with Gasteiger partial charge in [-0.25, -0.2) is 0 Å². The Morgan fingerprint density at radius 1 is 1.11 bits per heavy atom. The first-order valence-electron chi connectivity index (χ1n) is 12.2. The Kier molecular flexibility index (Phi) is 5.78. The van der Waals surface area contributed by atoms with Crippen molar-refractivity contribution in [1.29, 1.82) is 0 Å². The third-order valence-corrected chi connectivity index (χ3v) is 7.61. The standard InChI is InChI=1S/C28H28ClN3O3/c29-16-19-17-32(25-15-26(33)21-5-1-2-6-22(21)27(19)25)28(34)24-14-18-13-20(7-8-23(18)30-24)35-12-4-11-31-9-3-10-31/h1-2,5-8,13-15,19,30,33H,3-4,9-12,16-17H2/t19-/m1/s1. The average molecular weight is 490 g/mol. The SMILES string of the molecule is O=C(c1cc2cc(OCCCN3CCC3)ccc2[nH]1)N1C[C@@H](CCl)c2c1cc(O)c1ccccc21. The summed E-state index contributed by atoms with van der Waals surface area (Å²) in [5.41, 5.74) is 3.13. The molecule has 1 atom stereocenters. The van der Waals surface area contributed by atoms with Gasteiger partial charge in [-0.3, -0.25) is 4.79 Å². The van der Waals surface area contributed by atoms with Gasteiger partial charge in [-0.05, 0) is 61.1 Å². The number of phenolic OH excluding ortho intramolecular Hbond substituents is 1. The molecular formula is C28H28ClN3O3. The first-order chi connectivity index (χ1) is 17.1. The smallest absolute Gasteiger partial charge is 0.274 e. The molecule has 0 radical (unpaired) electrons. The van der Waals surface area contributed by atoms with E-state index in [1.807, 2.05) is 48.5 Å². The number of rotatable bonds is 7. The molecule has 2 aliphatic heterocycles. The minimum Gasteiger partial charge on any atom is -0.507 e. The van der Waals surface area contributed by atoms with E-state index in [1.165, 1.54) is 19.5 Å². The van der Waals surface area contributed by atoms with Gasteiger partial charge in [0, 0.05) is 47.2 Å². The van der Waals surface area contributed by atoms with Crippen molar-refractivity contribution >= 4 is 44.9 Å². The van der Waals surface area contributed by atoms with Crippen LogP contribution in [0.15, 0.2) is 54.6 Å². The van der Waals surface area contributed by atoms with Crippen LogP contribution >= 0.6 is 11.6 Å². The number of hydrogen-bond donors (Lipinski definition) is 2. The summed E-state index contributed by atoms with van der Waals surface area (Å²) >= 11 is 6.33. The number of amides is 1. The molecule has 0 bridgehead atoms. The number of halogens is 1. The number of hydrogen-bond acceptors (Lipinski definition) is 4. The molecule has 6 nitrogen and oxygen atoms in total. The highest BCUT2D eigenvalue weighted by atomic mass is 35.5. The van der Waals surface area contributed by atoms with Crippen molar-refractivity contribution in [3.05, 3.63) is 65.9 Å². The summed E-state index contributed by atoms with van der Waals surface area (Å²) in [5, 5.41) is 13.3. The third-order valence-electron chi connectivity index (χ3n) is 7.23. The molecule has 35 heavy (non-hydrogen) atoms. The van der Waals surface area contributed by atoms with E-state index in [0.717, 1.165) is 51.6 Å². The van der Waals surface area contributed by atoms with Crippen LogP contribution in [-0.2, 0) is 0 Å². The van der Waals surface area contributed by atoms with Crippen LogP contribution < -0.4 is 9.64 Å². The van der Waals surface area contributed by atoms with Crippen LogP contribution in [0.4, 0.5) is 5.69 Å². The number of H-pyrrole nitrogens is 1. The van der Waals surface area contributed by atoms with Crippen LogP contribution in [0, 0.1) is 0 Å². The summed E-state index contributed by atoms with van der Waals surface area (Å²) < 4.78 is 5.95. The first kappa shape index (κ1) is 22.3. The van der Waals surface area contributed by atoms with Gasteiger partial charge in [0.1, 0.15) is 17.2 Å². The monoisotopic (exact) mass is 489 g/mol. The van der Waals surface area contributed by atoms with Crippen LogP contribution in [0.2, 0.25) is 0 Å². The average Bonchev–Trinajstić information content (AvgIpc) is 3.44. The molecule has 6 rings (SSSR count). The van der Waals surface area contributed by atoms with Crippen LogP contribution in [0.5, 0.6) is 11.5 Å². The van der Waals surface area contributed by atoms with Crippen LogP contribution in [-0.4, -0.2) is 59.6 Å². The summed E-state index contributed by atoms with van der Waals surface area (Å²) in [4.78, 5) is 21.0. The van der Waals surface area contributed by atoms with Crippen molar-refractivity contribution in [3.8, 4) is 11.5 Å². The first-order valence-corrected chi connectivity index (χ1v) is 12.8. The van der Waals surface area contributed by atoms with E-state index in [1.54, 1.807) is 11.0 Å². The number of carbonyl (C=O) groups excluding carboxylic acids is 1. The second-order valence-corrected chi connectivity index (χ2v) is 9.78. The van der Waals surface area contributed by atoms with Gasteiger partial charge in [0.2, 0.25) is 0 Å². The Hall–Kier alpha value is -3.22. The molecule has 0 aliphatic carbocycles. The molecule has 4 aromatic rings. The van der Waals surface area contributed by atoms with E-state index < -0.39 is 0 Å². The molecule has 1 fully saturated rings. The number of nitrogens with zero attached hydrogens (tertiary/aromatic N) is 2. The van der Waals surface area contributed by atoms with E-state index in [9.17, 15) is 9.90 Å². The maximum absolute atomic E-state index is 13.6. The fraction of sp³-hybridized carbons (Fsp3) is 0.321. The molecule has 7 heteroatoms. The number of aromatic nitrogens is 1. The normalized spacial score (nSPS) is 17.6. The maximum atomic E-state index is 13.6. The number of anilines is 1. The van der Waals surface area contributed by atoms with Gasteiger partial charge < -0.3 is 24.6 Å². The number of fused-ring (bicyclic) bond motifs is 4. The number of likely N-dealkylation sites (tertiary alicyclic amines) is 1. The Morgan fingerprint density at radius 2 is 1.94 bits per heavy atom. The lowest BCUT2D eigenvalue weighted by Gasteiger charge is -2.30. The fourth-order valence-corrected chi connectivity index (χ4v) is 5.54. The highest BCUT2D eigenvalue weighted by Crippen LogP contribution is 2.45. The molecule has 3 heterocycles. The predicted molar refractivity (Wildman–Crippen MR) is 140 cm³/mol. The predicted octanol–water partition coefficient (Wildman–Crippen LogP) is 5.48. The highest BCUT2D eigenvalue weighted by molar-refractivity contribution is 6.19. The van der Waals surface area contributed by atoms with Gasteiger partial charge >= 0.3 is 0 Å². The van der Waals surface area contributed by atoms with Gasteiger partial charge in [0.15, 0.2) is 0 Å². The van der Waals surface area contributed by atoms with Crippen molar-refractivity contribution < 1.29 is 14.6 Å². The van der Waals surface area contributed by atoms with Crippen molar-refractivity contribution in [3.63, 3.8) is 0 Å². The second kappa shape index (κ2) is 9.10. The molecule has 2 aliphatic rings. The summed E-state index contributed by atoms with van der Waals surface area (Å²) in [7, 11) is 0. The van der Waals surface area contributed by atoms with E-state index in [0.29, 0.717) is 24.7 Å². The molecule has 0 saturated carbocycles. The quantitative estimate of drug-likeness (QED) is 0.266. The zero-order chi connectivity index (χ0) is 23.9. The third kappa shape index (κ3) is 4.01. The van der Waals surface area contributed by atoms with Crippen molar-refractivity contribution in [1.82, 2.24) is 9.88 Å². The highest BCUT2D eigenvalue weighted by Gasteiger charge is 2.35. The lowest BCUT2D eigenvalue weighted by molar-refractivity contribution is 0.0984. The number of alkyl halides is 1. The molecule has 1 saturated heterocycles. The number of carbonyl (C=O) groups is 1. The van der Waals surface area contributed by atoms with E-state index >= 15 is 0 Å². The molecule has 0 unspecified atom stereocenters. The largest absolute Gasteiger partial charge is 0.507 e. The number of aromatic hydroxyl groups is 1. The van der Waals surface area contributed by atoms with E-state index in [2.05, 4.69) is 9.88 Å². The van der Waals surface area contributed by atoms with Gasteiger partial charge in [0.05, 0.1) is 12.3 Å². The van der Waals surface area contributed by atoms with Crippen LogP contribution in [0.1, 0.15) is 34.8 Å². The summed E-state index contributed by atoms with van der Waals surface area (Å²) in [5.74, 6) is 1.24.